The molecular weight excluding hydrogens is 371 g/mol. The zero-order valence-electron chi connectivity index (χ0n) is 16.1. The number of rotatable bonds is 6. The first-order valence-electron chi connectivity index (χ1n) is 9.90. The highest BCUT2D eigenvalue weighted by atomic mass is 19.1. The molecule has 2 heterocycles. The minimum atomic E-state index is -0.380. The van der Waals surface area contributed by atoms with Crippen LogP contribution >= 0.6 is 0 Å². The molecule has 1 N–H and O–H groups in total. The van der Waals surface area contributed by atoms with Crippen LogP contribution in [0.4, 0.5) is 10.1 Å². The minimum absolute atomic E-state index is 0.196. The van der Waals surface area contributed by atoms with E-state index in [0.717, 1.165) is 43.8 Å². The van der Waals surface area contributed by atoms with Crippen LogP contribution in [0.2, 0.25) is 0 Å². The quantitative estimate of drug-likeness (QED) is 0.680. The number of hydrogen-bond acceptors (Lipinski definition) is 4. The van der Waals surface area contributed by atoms with Gasteiger partial charge < -0.3 is 14.6 Å². The van der Waals surface area contributed by atoms with Gasteiger partial charge >= 0.3 is 0 Å². The van der Waals surface area contributed by atoms with Crippen LogP contribution in [-0.4, -0.2) is 27.3 Å². The summed E-state index contributed by atoms with van der Waals surface area (Å²) in [5, 5.41) is 11.3. The maximum atomic E-state index is 14.5. The van der Waals surface area contributed by atoms with E-state index in [2.05, 4.69) is 15.5 Å². The summed E-state index contributed by atoms with van der Waals surface area (Å²) in [5.74, 6) is 1.55. The zero-order chi connectivity index (χ0) is 20.1. The number of aryl methyl sites for hydroxylation is 1. The molecule has 1 aromatic heterocycles. The lowest BCUT2D eigenvalue weighted by Crippen LogP contribution is -2.15. The topological polar surface area (TPSA) is 69.0 Å². The SMILES string of the molecule is O=C(CCOc1ccccc1)Nc1ccc(F)c(-c2nnc3n2CCCCC3)c1. The van der Waals surface area contributed by atoms with Gasteiger partial charge in [0.2, 0.25) is 5.91 Å². The van der Waals surface area contributed by atoms with Gasteiger partial charge in [0.25, 0.3) is 0 Å². The van der Waals surface area contributed by atoms with Crippen molar-refractivity contribution in [3.05, 3.63) is 60.2 Å². The van der Waals surface area contributed by atoms with Gasteiger partial charge in [0.15, 0.2) is 5.82 Å². The van der Waals surface area contributed by atoms with Crippen molar-refractivity contribution < 1.29 is 13.9 Å². The second-order valence-corrected chi connectivity index (χ2v) is 7.06. The molecule has 7 heteroatoms. The number of benzene rings is 2. The van der Waals surface area contributed by atoms with E-state index >= 15 is 0 Å². The Labute approximate surface area is 168 Å². The molecule has 3 aromatic rings. The molecule has 4 rings (SSSR count). The van der Waals surface area contributed by atoms with Gasteiger partial charge in [-0.2, -0.15) is 0 Å². The smallest absolute Gasteiger partial charge is 0.227 e. The molecule has 0 unspecified atom stereocenters. The summed E-state index contributed by atoms with van der Waals surface area (Å²) in [6.45, 7) is 1.05. The molecule has 0 fully saturated rings. The molecule has 2 aromatic carbocycles. The third-order valence-electron chi connectivity index (χ3n) is 4.94. The Morgan fingerprint density at radius 2 is 1.97 bits per heavy atom. The van der Waals surface area contributed by atoms with Crippen molar-refractivity contribution in [1.82, 2.24) is 14.8 Å². The van der Waals surface area contributed by atoms with Crippen LogP contribution in [0.15, 0.2) is 48.5 Å². The van der Waals surface area contributed by atoms with Crippen molar-refractivity contribution in [2.24, 2.45) is 0 Å². The molecular formula is C22H23FN4O2. The highest BCUT2D eigenvalue weighted by molar-refractivity contribution is 5.91. The minimum Gasteiger partial charge on any atom is -0.493 e. The van der Waals surface area contributed by atoms with Crippen molar-refractivity contribution in [2.45, 2.75) is 38.6 Å². The van der Waals surface area contributed by atoms with E-state index in [4.69, 9.17) is 4.74 Å². The molecule has 1 amide bonds. The van der Waals surface area contributed by atoms with Crippen LogP contribution < -0.4 is 10.1 Å². The summed E-state index contributed by atoms with van der Waals surface area (Å²) < 4.78 is 22.1. The third-order valence-corrected chi connectivity index (χ3v) is 4.94. The first-order chi connectivity index (χ1) is 14.2. The largest absolute Gasteiger partial charge is 0.493 e. The lowest BCUT2D eigenvalue weighted by molar-refractivity contribution is -0.116. The van der Waals surface area contributed by atoms with Gasteiger partial charge in [-0.1, -0.05) is 24.6 Å². The van der Waals surface area contributed by atoms with E-state index in [0.29, 0.717) is 17.1 Å². The molecule has 0 saturated heterocycles. The maximum Gasteiger partial charge on any atom is 0.227 e. The predicted molar refractivity (Wildman–Crippen MR) is 108 cm³/mol. The standard InChI is InChI=1S/C22H23FN4O2/c23-19-11-10-16(24-21(28)12-14-29-17-7-3-1-4-8-17)15-18(19)22-26-25-20-9-5-2-6-13-27(20)22/h1,3-4,7-8,10-11,15H,2,5-6,9,12-14H2,(H,24,28). The van der Waals surface area contributed by atoms with Crippen LogP contribution in [0.3, 0.4) is 0 Å². The third kappa shape index (κ3) is 4.62. The number of amides is 1. The number of carbonyl (C=O) groups is 1. The van der Waals surface area contributed by atoms with Crippen molar-refractivity contribution in [1.29, 1.82) is 0 Å². The van der Waals surface area contributed by atoms with Crippen molar-refractivity contribution in [3.63, 3.8) is 0 Å². The monoisotopic (exact) mass is 394 g/mol. The summed E-state index contributed by atoms with van der Waals surface area (Å²) in [6.07, 6.45) is 4.28. The Balaban J connectivity index is 1.43. The Kier molecular flexibility index (Phi) is 5.84. The number of nitrogens with zero attached hydrogens (tertiary/aromatic N) is 3. The number of nitrogens with one attached hydrogen (secondary N) is 1. The normalized spacial score (nSPS) is 13.4. The summed E-state index contributed by atoms with van der Waals surface area (Å²) >= 11 is 0. The van der Waals surface area contributed by atoms with Gasteiger partial charge in [0, 0.05) is 18.7 Å². The number of carbonyl (C=O) groups excluding carboxylic acids is 1. The second-order valence-electron chi connectivity index (χ2n) is 7.06. The van der Waals surface area contributed by atoms with Gasteiger partial charge in [-0.25, -0.2) is 4.39 Å². The molecule has 0 radical (unpaired) electrons. The van der Waals surface area contributed by atoms with Crippen LogP contribution in [0.25, 0.3) is 11.4 Å². The Bertz CT molecular complexity index is 988. The van der Waals surface area contributed by atoms with Gasteiger partial charge in [0.1, 0.15) is 17.4 Å². The average molecular weight is 394 g/mol. The molecule has 0 aliphatic carbocycles. The average Bonchev–Trinajstić information content (AvgIpc) is 2.98. The van der Waals surface area contributed by atoms with Gasteiger partial charge in [-0.15, -0.1) is 10.2 Å². The van der Waals surface area contributed by atoms with E-state index < -0.39 is 0 Å². The number of para-hydroxylation sites is 1. The number of halogens is 1. The predicted octanol–water partition coefficient (Wildman–Crippen LogP) is 4.22. The van der Waals surface area contributed by atoms with Crippen molar-refractivity contribution in [3.8, 4) is 17.1 Å². The fraction of sp³-hybridized carbons (Fsp3) is 0.318. The summed E-state index contributed by atoms with van der Waals surface area (Å²) in [4.78, 5) is 12.2. The number of anilines is 1. The Morgan fingerprint density at radius 3 is 2.83 bits per heavy atom. The van der Waals surface area contributed by atoms with E-state index in [9.17, 15) is 9.18 Å². The lowest BCUT2D eigenvalue weighted by Gasteiger charge is -2.11. The highest BCUT2D eigenvalue weighted by Gasteiger charge is 2.19. The molecule has 0 saturated carbocycles. The van der Waals surface area contributed by atoms with Crippen LogP contribution in [0, 0.1) is 5.82 Å². The fourth-order valence-electron chi connectivity index (χ4n) is 3.46. The second kappa shape index (κ2) is 8.86. The first-order valence-corrected chi connectivity index (χ1v) is 9.90. The van der Waals surface area contributed by atoms with E-state index in [-0.39, 0.29) is 24.8 Å². The number of ether oxygens (including phenoxy) is 1. The molecule has 150 valence electrons. The molecule has 1 aliphatic heterocycles. The fourth-order valence-corrected chi connectivity index (χ4v) is 3.46. The molecule has 0 spiro atoms. The molecule has 0 atom stereocenters. The summed E-state index contributed by atoms with van der Waals surface area (Å²) in [5.41, 5.74) is 0.876. The van der Waals surface area contributed by atoms with Crippen LogP contribution in [0.1, 0.15) is 31.5 Å². The molecule has 6 nitrogen and oxygen atoms in total. The lowest BCUT2D eigenvalue weighted by atomic mass is 10.1. The number of hydrogen-bond donors (Lipinski definition) is 1. The van der Waals surface area contributed by atoms with Gasteiger partial charge in [0.05, 0.1) is 18.6 Å². The van der Waals surface area contributed by atoms with Gasteiger partial charge in [-0.05, 0) is 43.2 Å². The van der Waals surface area contributed by atoms with E-state index in [1.165, 1.54) is 6.07 Å². The van der Waals surface area contributed by atoms with Gasteiger partial charge in [-0.3, -0.25) is 4.79 Å². The van der Waals surface area contributed by atoms with Crippen molar-refractivity contribution >= 4 is 11.6 Å². The molecule has 1 aliphatic rings. The summed E-state index contributed by atoms with van der Waals surface area (Å²) in [6, 6.07) is 13.9. The Morgan fingerprint density at radius 1 is 1.10 bits per heavy atom. The van der Waals surface area contributed by atoms with E-state index in [1.54, 1.807) is 12.1 Å². The molecule has 0 bridgehead atoms. The molecule has 29 heavy (non-hydrogen) atoms. The number of fused-ring (bicyclic) bond motifs is 1. The zero-order valence-corrected chi connectivity index (χ0v) is 16.1. The van der Waals surface area contributed by atoms with Crippen LogP contribution in [0.5, 0.6) is 5.75 Å². The first kappa shape index (κ1) is 19.1. The highest BCUT2D eigenvalue weighted by Crippen LogP contribution is 2.27. The van der Waals surface area contributed by atoms with Crippen LogP contribution in [-0.2, 0) is 17.8 Å². The Hall–Kier alpha value is -3.22. The summed E-state index contributed by atoms with van der Waals surface area (Å²) in [7, 11) is 0. The number of aromatic nitrogens is 3. The van der Waals surface area contributed by atoms with E-state index in [1.807, 2.05) is 34.9 Å². The maximum absolute atomic E-state index is 14.5. The van der Waals surface area contributed by atoms with Crippen molar-refractivity contribution in [2.75, 3.05) is 11.9 Å².